The molecule has 0 radical (unpaired) electrons. The molecule has 1 aliphatic carbocycles. The summed E-state index contributed by atoms with van der Waals surface area (Å²) in [4.78, 5) is 26.6. The number of carbonyl (C=O) groups is 2. The van der Waals surface area contributed by atoms with Gasteiger partial charge in [-0.15, -0.1) is 0 Å². The summed E-state index contributed by atoms with van der Waals surface area (Å²) in [7, 11) is 0. The first kappa shape index (κ1) is 24.4. The predicted octanol–water partition coefficient (Wildman–Crippen LogP) is 5.39. The number of halogens is 2. The second kappa shape index (κ2) is 10.1. The summed E-state index contributed by atoms with van der Waals surface area (Å²) in [6.45, 7) is 6.18. The smallest absolute Gasteiger partial charge is 0.322 e. The highest BCUT2D eigenvalue weighted by Crippen LogP contribution is 2.31. The summed E-state index contributed by atoms with van der Waals surface area (Å²) in [6, 6.07) is 12.1. The summed E-state index contributed by atoms with van der Waals surface area (Å²) in [6.07, 6.45) is 0.951. The van der Waals surface area contributed by atoms with Gasteiger partial charge in [-0.3, -0.25) is 4.79 Å². The number of urea groups is 1. The first-order chi connectivity index (χ1) is 15.0. The van der Waals surface area contributed by atoms with Crippen LogP contribution in [0.25, 0.3) is 0 Å². The molecule has 0 aromatic heterocycles. The summed E-state index contributed by atoms with van der Waals surface area (Å²) in [5, 5.41) is 17.2. The monoisotopic (exact) mass is 477 g/mol. The highest BCUT2D eigenvalue weighted by molar-refractivity contribution is 6.42. The van der Waals surface area contributed by atoms with Gasteiger partial charge in [-0.2, -0.15) is 0 Å². The molecule has 0 aliphatic heterocycles. The Morgan fingerprint density at radius 2 is 1.75 bits per heavy atom. The number of hydrogen-bond acceptors (Lipinski definition) is 3. The molecule has 1 saturated carbocycles. The van der Waals surface area contributed by atoms with E-state index in [2.05, 4.69) is 10.6 Å². The second-order valence-corrected chi connectivity index (χ2v) is 9.95. The number of nitrogens with one attached hydrogen (secondary N) is 2. The van der Waals surface area contributed by atoms with E-state index in [1.807, 2.05) is 32.9 Å². The lowest BCUT2D eigenvalue weighted by Gasteiger charge is -2.26. The van der Waals surface area contributed by atoms with Crippen LogP contribution in [0.2, 0.25) is 10.0 Å². The Hall–Kier alpha value is -2.28. The lowest BCUT2D eigenvalue weighted by Crippen LogP contribution is -2.39. The van der Waals surface area contributed by atoms with Crippen molar-refractivity contribution < 1.29 is 14.7 Å². The van der Waals surface area contributed by atoms with Gasteiger partial charge < -0.3 is 20.6 Å². The van der Waals surface area contributed by atoms with E-state index in [9.17, 15) is 14.7 Å². The van der Waals surface area contributed by atoms with Crippen LogP contribution in [0.4, 0.5) is 10.5 Å². The Kier molecular flexibility index (Phi) is 7.70. The number of carbonyl (C=O) groups excluding carboxylic acids is 2. The Labute approximate surface area is 198 Å². The van der Waals surface area contributed by atoms with Gasteiger partial charge in [0.15, 0.2) is 0 Å². The average Bonchev–Trinajstić information content (AvgIpc) is 3.57. The molecule has 6 nitrogen and oxygen atoms in total. The lowest BCUT2D eigenvalue weighted by atomic mass is 9.95. The van der Waals surface area contributed by atoms with E-state index in [1.54, 1.807) is 35.2 Å². The fourth-order valence-corrected chi connectivity index (χ4v) is 3.45. The minimum absolute atomic E-state index is 0.0181. The van der Waals surface area contributed by atoms with Gasteiger partial charge in [0.25, 0.3) is 0 Å². The van der Waals surface area contributed by atoms with Crippen molar-refractivity contribution in [2.45, 2.75) is 52.3 Å². The molecule has 0 heterocycles. The fraction of sp³-hybridized carbons (Fsp3) is 0.417. The van der Waals surface area contributed by atoms with Crippen molar-refractivity contribution in [1.82, 2.24) is 10.2 Å². The van der Waals surface area contributed by atoms with Crippen molar-refractivity contribution >= 4 is 40.8 Å². The number of aliphatic hydroxyl groups excluding tert-OH is 1. The average molecular weight is 478 g/mol. The molecule has 0 saturated heterocycles. The van der Waals surface area contributed by atoms with Crippen LogP contribution in [0.5, 0.6) is 0 Å². The normalized spacial score (nSPS) is 14.6. The van der Waals surface area contributed by atoms with Gasteiger partial charge in [0.2, 0.25) is 5.91 Å². The number of aliphatic hydroxyl groups is 1. The standard InChI is InChI=1S/C24H29Cl2N3O3/c1-24(2,3)22(31)27-13-15-4-7-17(8-5-15)28-23(32)29(18-9-10-18)14-21(30)16-6-11-19(25)20(26)12-16/h4-8,11-12,18,21,30H,9-10,13-14H2,1-3H3,(H,27,31)(H,28,32)/t21-/m1/s1. The molecule has 1 atom stereocenters. The molecule has 3 amide bonds. The first-order valence-corrected chi connectivity index (χ1v) is 11.4. The second-order valence-electron chi connectivity index (χ2n) is 9.13. The lowest BCUT2D eigenvalue weighted by molar-refractivity contribution is -0.128. The van der Waals surface area contributed by atoms with Crippen molar-refractivity contribution in [3.05, 3.63) is 63.6 Å². The number of rotatable bonds is 7. The molecule has 0 bridgehead atoms. The van der Waals surface area contributed by atoms with E-state index >= 15 is 0 Å². The summed E-state index contributed by atoms with van der Waals surface area (Å²) < 4.78 is 0. The number of nitrogens with zero attached hydrogens (tertiary/aromatic N) is 1. The molecule has 2 aromatic carbocycles. The van der Waals surface area contributed by atoms with Crippen LogP contribution >= 0.6 is 23.2 Å². The third kappa shape index (κ3) is 6.61. The maximum Gasteiger partial charge on any atom is 0.322 e. The van der Waals surface area contributed by atoms with Gasteiger partial charge in [-0.1, -0.05) is 62.2 Å². The van der Waals surface area contributed by atoms with E-state index in [4.69, 9.17) is 23.2 Å². The third-order valence-corrected chi connectivity index (χ3v) is 6.03. The zero-order chi connectivity index (χ0) is 23.5. The molecule has 3 rings (SSSR count). The van der Waals surface area contributed by atoms with Crippen molar-refractivity contribution in [3.63, 3.8) is 0 Å². The molecule has 0 unspecified atom stereocenters. The van der Waals surface area contributed by atoms with Crippen LogP contribution in [0.15, 0.2) is 42.5 Å². The number of amides is 3. The van der Waals surface area contributed by atoms with Crippen molar-refractivity contribution in [2.75, 3.05) is 11.9 Å². The van der Waals surface area contributed by atoms with Crippen molar-refractivity contribution in [3.8, 4) is 0 Å². The molecule has 3 N–H and O–H groups in total. The molecular weight excluding hydrogens is 449 g/mol. The largest absolute Gasteiger partial charge is 0.387 e. The van der Waals surface area contributed by atoms with Gasteiger partial charge in [0.1, 0.15) is 0 Å². The Morgan fingerprint density at radius 1 is 1.09 bits per heavy atom. The maximum absolute atomic E-state index is 12.9. The molecule has 172 valence electrons. The predicted molar refractivity (Wildman–Crippen MR) is 128 cm³/mol. The van der Waals surface area contributed by atoms with Crippen molar-refractivity contribution in [1.29, 1.82) is 0 Å². The summed E-state index contributed by atoms with van der Waals surface area (Å²) >= 11 is 12.0. The molecule has 1 aliphatic rings. The van der Waals surface area contributed by atoms with Gasteiger partial charge in [0.05, 0.1) is 22.7 Å². The SMILES string of the molecule is CC(C)(C)C(=O)NCc1ccc(NC(=O)N(C[C@@H](O)c2ccc(Cl)c(Cl)c2)C2CC2)cc1. The Bertz CT molecular complexity index is 969. The fourth-order valence-electron chi connectivity index (χ4n) is 3.14. The molecule has 2 aromatic rings. The number of benzene rings is 2. The minimum atomic E-state index is -0.870. The third-order valence-electron chi connectivity index (χ3n) is 5.29. The zero-order valence-corrected chi connectivity index (χ0v) is 20.0. The van der Waals surface area contributed by atoms with E-state index < -0.39 is 11.5 Å². The van der Waals surface area contributed by atoms with Gasteiger partial charge in [-0.05, 0) is 48.2 Å². The van der Waals surface area contributed by atoms with E-state index in [0.717, 1.165) is 18.4 Å². The maximum atomic E-state index is 12.9. The number of hydrogen-bond donors (Lipinski definition) is 3. The van der Waals surface area contributed by atoms with Gasteiger partial charge in [-0.25, -0.2) is 4.79 Å². The quantitative estimate of drug-likeness (QED) is 0.500. The highest BCUT2D eigenvalue weighted by atomic mass is 35.5. The van der Waals surface area contributed by atoms with Crippen molar-refractivity contribution in [2.24, 2.45) is 5.41 Å². The summed E-state index contributed by atoms with van der Waals surface area (Å²) in [5.74, 6) is -0.0181. The van der Waals surface area contributed by atoms with Gasteiger partial charge in [0, 0.05) is 23.7 Å². The van der Waals surface area contributed by atoms with E-state index in [1.165, 1.54) is 0 Å². The number of anilines is 1. The molecule has 32 heavy (non-hydrogen) atoms. The minimum Gasteiger partial charge on any atom is -0.387 e. The molecule has 8 heteroatoms. The summed E-state index contributed by atoms with van der Waals surface area (Å²) in [5.41, 5.74) is 1.76. The highest BCUT2D eigenvalue weighted by Gasteiger charge is 2.34. The topological polar surface area (TPSA) is 81.7 Å². The van der Waals surface area contributed by atoms with Crippen LogP contribution in [-0.2, 0) is 11.3 Å². The molecule has 1 fully saturated rings. The molecular formula is C24H29Cl2N3O3. The van der Waals surface area contributed by atoms with Gasteiger partial charge >= 0.3 is 6.03 Å². The zero-order valence-electron chi connectivity index (χ0n) is 18.5. The van der Waals surface area contributed by atoms with E-state index in [0.29, 0.717) is 27.8 Å². The first-order valence-electron chi connectivity index (χ1n) is 10.6. The Balaban J connectivity index is 1.59. The van der Waals surface area contributed by atoms with Crippen LogP contribution < -0.4 is 10.6 Å². The van der Waals surface area contributed by atoms with Crippen LogP contribution in [0.3, 0.4) is 0 Å². The van der Waals surface area contributed by atoms with E-state index in [-0.39, 0.29) is 24.5 Å². The Morgan fingerprint density at radius 3 is 2.31 bits per heavy atom. The van der Waals surface area contributed by atoms with Crippen LogP contribution in [0, 0.1) is 5.41 Å². The molecule has 0 spiro atoms. The van der Waals surface area contributed by atoms with Crippen LogP contribution in [0.1, 0.15) is 50.8 Å². The van der Waals surface area contributed by atoms with Crippen LogP contribution in [-0.4, -0.2) is 34.5 Å².